The van der Waals surface area contributed by atoms with E-state index in [-0.39, 0.29) is 0 Å². The highest BCUT2D eigenvalue weighted by Gasteiger charge is 2.52. The van der Waals surface area contributed by atoms with Crippen molar-refractivity contribution in [2.75, 3.05) is 9.80 Å². The van der Waals surface area contributed by atoms with Gasteiger partial charge in [-0.25, -0.2) is 0 Å². The van der Waals surface area contributed by atoms with Crippen LogP contribution in [0.2, 0.25) is 0 Å². The molecule has 136 heavy (non-hydrogen) atoms. The minimum absolute atomic E-state index is 0.452. The number of hydrogen-bond acceptors (Lipinski definition) is 5. The molecule has 2 aliphatic carbocycles. The molecule has 0 radical (unpaired) electrons. The number of rotatable bonds is 12. The van der Waals surface area contributed by atoms with Crippen molar-refractivity contribution in [1.82, 2.24) is 9.13 Å². The van der Waals surface area contributed by atoms with Gasteiger partial charge in [0.25, 0.3) is 0 Å². The Morgan fingerprint density at radius 1 is 0.184 bits per heavy atom. The maximum Gasteiger partial charge on any atom is 0.0726 e. The number of aromatic nitrogens is 2. The van der Waals surface area contributed by atoms with Crippen molar-refractivity contribution in [3.05, 3.63) is 508 Å². The summed E-state index contributed by atoms with van der Waals surface area (Å²) in [6, 6.07) is 180. The molecule has 0 fully saturated rings. The smallest absolute Gasteiger partial charge is 0.0726 e. The Morgan fingerprint density at radius 3 is 0.963 bits per heavy atom. The molecular weight excluding hydrogens is 1700 g/mol. The first-order valence-electron chi connectivity index (χ1n) is 46.7. The third kappa shape index (κ3) is 12.0. The van der Waals surface area contributed by atoms with Crippen molar-refractivity contribution in [2.24, 2.45) is 0 Å². The molecule has 634 valence electrons. The van der Waals surface area contributed by atoms with E-state index in [9.17, 15) is 0 Å². The predicted molar refractivity (Wildman–Crippen MR) is 583 cm³/mol. The number of thiophene rings is 3. The van der Waals surface area contributed by atoms with Gasteiger partial charge in [0.2, 0.25) is 0 Å². The van der Waals surface area contributed by atoms with Crippen molar-refractivity contribution in [2.45, 2.75) is 5.41 Å². The largest absolute Gasteiger partial charge is 0.310 e. The zero-order chi connectivity index (χ0) is 89.2. The van der Waals surface area contributed by atoms with Crippen molar-refractivity contribution in [3.8, 4) is 78.1 Å². The van der Waals surface area contributed by atoms with Crippen molar-refractivity contribution in [3.63, 3.8) is 0 Å². The molecule has 0 unspecified atom stereocenters. The van der Waals surface area contributed by atoms with Crippen LogP contribution in [-0.2, 0) is 5.41 Å². The minimum Gasteiger partial charge on any atom is -0.310 e. The predicted octanol–water partition coefficient (Wildman–Crippen LogP) is 36.9. The molecule has 29 rings (SSSR count). The molecule has 0 saturated carbocycles. The van der Waals surface area contributed by atoms with Gasteiger partial charge in [0, 0.05) is 138 Å². The number of hydrogen-bond donors (Lipinski definition) is 0. The summed E-state index contributed by atoms with van der Waals surface area (Å²) in [4.78, 5) is 4.86. The lowest BCUT2D eigenvalue weighted by Crippen LogP contribution is -2.26. The molecule has 5 aromatic heterocycles. The maximum atomic E-state index is 2.53. The molecule has 0 atom stereocenters. The summed E-state index contributed by atoms with van der Waals surface area (Å²) in [5.74, 6) is 0. The Bertz CT molecular complexity index is 9480. The van der Waals surface area contributed by atoms with Gasteiger partial charge in [-0.05, 0) is 222 Å². The first-order valence-corrected chi connectivity index (χ1v) is 49.1. The Labute approximate surface area is 797 Å². The second-order valence-electron chi connectivity index (χ2n) is 35.9. The van der Waals surface area contributed by atoms with Crippen molar-refractivity contribution < 1.29 is 0 Å². The third-order valence-corrected chi connectivity index (χ3v) is 32.3. The van der Waals surface area contributed by atoms with E-state index in [0.29, 0.717) is 0 Å². The van der Waals surface area contributed by atoms with Crippen LogP contribution in [0.1, 0.15) is 22.3 Å². The van der Waals surface area contributed by atoms with Crippen LogP contribution in [0.5, 0.6) is 0 Å². The summed E-state index contributed by atoms with van der Waals surface area (Å²) in [6.45, 7) is 0. The van der Waals surface area contributed by atoms with Crippen molar-refractivity contribution in [1.29, 1.82) is 0 Å². The number of para-hydroxylation sites is 2. The van der Waals surface area contributed by atoms with Crippen LogP contribution in [-0.4, -0.2) is 9.13 Å². The average molecular weight is 1780 g/mol. The standard InChI is InChI=1S/C71H44N2S.C58H36N2S2/c1-2-17-45(18-3-1)46-33-37-49(38-34-46)72(51-41-42-56-55-24-8-13-29-63(55)71(64(56)43-51)61-27-11-6-22-53(61)54-23-7-12-28-62(54)71)50-39-35-48(36-40-50)59-44-60-57-25-9-14-30-66(57)73(65-31-16-20-47-19-4-5-21-52(47)65)69(60)68-58-26-10-15-32-67(58)74-70(59)68;1-2-13-37(14-3-1)38-25-29-41(30-26-38)59(43-33-34-55-49(35-43)46-19-7-10-23-53(46)61-55)42-31-27-40(28-32-42)48-36-50-45-18-6-9-21-52(45)60(51-22-12-16-39-15-4-5-17-44(39)51)57(50)56-47-20-8-11-24-54(47)62-58(48)56/h1-44H;1-36H. The summed E-state index contributed by atoms with van der Waals surface area (Å²) in [5, 5.41) is 17.8. The van der Waals surface area contributed by atoms with Gasteiger partial charge in [-0.3, -0.25) is 0 Å². The van der Waals surface area contributed by atoms with E-state index in [1.54, 1.807) is 0 Å². The molecule has 0 aliphatic heterocycles. The van der Waals surface area contributed by atoms with E-state index in [2.05, 4.69) is 504 Å². The molecular formula is C129H80N4S3. The van der Waals surface area contributed by atoms with Crippen LogP contribution in [0.25, 0.3) is 204 Å². The molecule has 7 heteroatoms. The van der Waals surface area contributed by atoms with Gasteiger partial charge in [-0.1, -0.05) is 352 Å². The summed E-state index contributed by atoms with van der Waals surface area (Å²) < 4.78 is 12.9. The lowest BCUT2D eigenvalue weighted by atomic mass is 9.70. The normalized spacial score (nSPS) is 12.5. The van der Waals surface area contributed by atoms with Gasteiger partial charge in [0.1, 0.15) is 0 Å². The Hall–Kier alpha value is -16.8. The minimum atomic E-state index is -0.452. The molecule has 2 aliphatic rings. The van der Waals surface area contributed by atoms with E-state index in [0.717, 1.165) is 34.1 Å². The fourth-order valence-electron chi connectivity index (χ4n) is 22.8. The Kier molecular flexibility index (Phi) is 17.9. The first-order chi connectivity index (χ1) is 67.5. The van der Waals surface area contributed by atoms with E-state index in [1.165, 1.54) is 226 Å². The third-order valence-electron chi connectivity index (χ3n) is 28.8. The fraction of sp³-hybridized carbons (Fsp3) is 0.00775. The van der Waals surface area contributed by atoms with Gasteiger partial charge in [-0.2, -0.15) is 0 Å². The second-order valence-corrected chi connectivity index (χ2v) is 39.1. The molecule has 0 N–H and O–H groups in total. The highest BCUT2D eigenvalue weighted by atomic mass is 32.1. The van der Waals surface area contributed by atoms with Crippen LogP contribution in [0.3, 0.4) is 0 Å². The molecule has 22 aromatic carbocycles. The van der Waals surface area contributed by atoms with Crippen molar-refractivity contribution >= 4 is 194 Å². The van der Waals surface area contributed by atoms with Crippen LogP contribution in [0.4, 0.5) is 34.1 Å². The van der Waals surface area contributed by atoms with E-state index >= 15 is 0 Å². The highest BCUT2D eigenvalue weighted by molar-refractivity contribution is 7.27. The summed E-state index contributed by atoms with van der Waals surface area (Å²) >= 11 is 5.66. The average Bonchev–Trinajstić information content (AvgIpc) is 1.50. The SMILES string of the molecule is c1ccc(-c2ccc(N(c3ccc(-c4cc5c6ccccc6n(-c6cccc7ccccc67)c5c5c4sc4ccccc45)cc3)c3ccc4c(c3)C3(c5ccccc5-c5ccccc53)c3ccccc3-4)cc2)cc1.c1ccc(-c2ccc(N(c3ccc(-c4cc5c6ccccc6n(-c6cccc7ccccc67)c5c5c4sc4ccccc45)cc3)c3ccc4sc5ccccc5c4c3)cc2)cc1. The summed E-state index contributed by atoms with van der Waals surface area (Å²) in [5.41, 5.74) is 33.8. The number of nitrogens with zero attached hydrogens (tertiary/aromatic N) is 4. The van der Waals surface area contributed by atoms with Crippen LogP contribution >= 0.6 is 34.0 Å². The molecule has 0 bridgehead atoms. The monoisotopic (exact) mass is 1780 g/mol. The second kappa shape index (κ2) is 31.2. The topological polar surface area (TPSA) is 16.3 Å². The molecule has 0 saturated heterocycles. The zero-order valence-electron chi connectivity index (χ0n) is 73.7. The van der Waals surface area contributed by atoms with Crippen LogP contribution in [0.15, 0.2) is 485 Å². The van der Waals surface area contributed by atoms with E-state index < -0.39 is 5.41 Å². The van der Waals surface area contributed by atoms with Gasteiger partial charge in [-0.15, -0.1) is 34.0 Å². The van der Waals surface area contributed by atoms with Gasteiger partial charge in [0.15, 0.2) is 0 Å². The summed E-state index contributed by atoms with van der Waals surface area (Å²) in [6.07, 6.45) is 0. The van der Waals surface area contributed by atoms with E-state index in [1.807, 2.05) is 34.0 Å². The highest BCUT2D eigenvalue weighted by Crippen LogP contribution is 2.64. The Balaban J connectivity index is 0.000000137. The van der Waals surface area contributed by atoms with Gasteiger partial charge < -0.3 is 18.9 Å². The van der Waals surface area contributed by atoms with E-state index in [4.69, 9.17) is 0 Å². The molecule has 5 heterocycles. The fourth-order valence-corrected chi connectivity index (χ4v) is 26.4. The zero-order valence-corrected chi connectivity index (χ0v) is 76.2. The number of benzene rings is 22. The lowest BCUT2D eigenvalue weighted by Gasteiger charge is -2.32. The number of anilines is 6. The molecule has 0 amide bonds. The number of fused-ring (bicyclic) bond motifs is 29. The lowest BCUT2D eigenvalue weighted by molar-refractivity contribution is 0.793. The molecule has 1 spiro atoms. The molecule has 27 aromatic rings. The first kappa shape index (κ1) is 77.9. The van der Waals surface area contributed by atoms with Crippen LogP contribution < -0.4 is 9.80 Å². The van der Waals surface area contributed by atoms with Crippen LogP contribution in [0, 0.1) is 0 Å². The quantitative estimate of drug-likeness (QED) is 0.121. The van der Waals surface area contributed by atoms with Gasteiger partial charge in [0.05, 0.1) is 38.9 Å². The van der Waals surface area contributed by atoms with Gasteiger partial charge >= 0.3 is 0 Å². The Morgan fingerprint density at radius 2 is 0.507 bits per heavy atom. The molecule has 4 nitrogen and oxygen atoms in total. The summed E-state index contributed by atoms with van der Waals surface area (Å²) in [7, 11) is 0. The maximum absolute atomic E-state index is 2.53.